The molecule has 98 valence electrons. The minimum atomic E-state index is 0.459. The molecule has 0 spiro atoms. The number of aromatic nitrogens is 2. The van der Waals surface area contributed by atoms with Crippen molar-refractivity contribution in [2.75, 3.05) is 0 Å². The largest absolute Gasteiger partial charge is 0.308 e. The lowest BCUT2D eigenvalue weighted by molar-refractivity contribution is 0.439. The number of unbranched alkanes of at least 4 members (excludes halogenated alkanes) is 1. The molecule has 0 bridgehead atoms. The molecule has 0 aromatic carbocycles. The predicted octanol–water partition coefficient (Wildman–Crippen LogP) is 3.52. The minimum absolute atomic E-state index is 0.459. The molecule has 1 heterocycles. The number of hydrogen-bond acceptors (Lipinski definition) is 2. The van der Waals surface area contributed by atoms with Gasteiger partial charge in [-0.25, -0.2) is 0 Å². The van der Waals surface area contributed by atoms with Crippen LogP contribution in [0.1, 0.15) is 65.0 Å². The van der Waals surface area contributed by atoms with Gasteiger partial charge in [0, 0.05) is 30.4 Å². The molecule has 1 aromatic heterocycles. The van der Waals surface area contributed by atoms with Crippen LogP contribution in [0.5, 0.6) is 0 Å². The standard InChI is InChI=1S/C14H27N3/c1-5-7-8-14(16-12(3)4)13-10-15-17(11-13)9-6-2/h10-12,14,16H,5-9H2,1-4H3. The maximum Gasteiger partial charge on any atom is 0.0537 e. The van der Waals surface area contributed by atoms with Gasteiger partial charge in [0.05, 0.1) is 6.20 Å². The van der Waals surface area contributed by atoms with E-state index >= 15 is 0 Å². The van der Waals surface area contributed by atoms with E-state index in [0.717, 1.165) is 13.0 Å². The molecule has 0 aliphatic carbocycles. The van der Waals surface area contributed by atoms with E-state index in [1.54, 1.807) is 0 Å². The molecule has 0 radical (unpaired) electrons. The summed E-state index contributed by atoms with van der Waals surface area (Å²) in [6.07, 6.45) is 9.07. The highest BCUT2D eigenvalue weighted by atomic mass is 15.3. The number of hydrogen-bond donors (Lipinski definition) is 1. The summed E-state index contributed by atoms with van der Waals surface area (Å²) in [5, 5.41) is 8.05. The molecule has 1 atom stereocenters. The van der Waals surface area contributed by atoms with Crippen molar-refractivity contribution in [3.63, 3.8) is 0 Å². The molecule has 0 fully saturated rings. The van der Waals surface area contributed by atoms with E-state index in [1.165, 1.54) is 24.8 Å². The molecular formula is C14H27N3. The van der Waals surface area contributed by atoms with Crippen LogP contribution in [0.25, 0.3) is 0 Å². The first-order valence-electron chi connectivity index (χ1n) is 6.95. The maximum absolute atomic E-state index is 4.42. The van der Waals surface area contributed by atoms with E-state index < -0.39 is 0 Å². The Hall–Kier alpha value is -0.830. The lowest BCUT2D eigenvalue weighted by Crippen LogP contribution is -2.27. The first-order chi connectivity index (χ1) is 8.17. The van der Waals surface area contributed by atoms with Gasteiger partial charge in [-0.05, 0) is 12.8 Å². The zero-order valence-electron chi connectivity index (χ0n) is 11.7. The van der Waals surface area contributed by atoms with Crippen molar-refractivity contribution in [1.82, 2.24) is 15.1 Å². The predicted molar refractivity (Wildman–Crippen MR) is 73.1 cm³/mol. The van der Waals surface area contributed by atoms with Crippen molar-refractivity contribution in [1.29, 1.82) is 0 Å². The summed E-state index contributed by atoms with van der Waals surface area (Å²) >= 11 is 0. The fourth-order valence-corrected chi connectivity index (χ4v) is 2.07. The SMILES string of the molecule is CCCCC(NC(C)C)c1cnn(CCC)c1. The monoisotopic (exact) mass is 237 g/mol. The van der Waals surface area contributed by atoms with Crippen LogP contribution in [-0.4, -0.2) is 15.8 Å². The van der Waals surface area contributed by atoms with Crippen molar-refractivity contribution < 1.29 is 0 Å². The van der Waals surface area contributed by atoms with Gasteiger partial charge in [0.2, 0.25) is 0 Å². The van der Waals surface area contributed by atoms with E-state index in [-0.39, 0.29) is 0 Å². The second-order valence-electron chi connectivity index (χ2n) is 5.05. The highest BCUT2D eigenvalue weighted by molar-refractivity contribution is 5.10. The van der Waals surface area contributed by atoms with E-state index in [1.807, 2.05) is 6.20 Å². The third-order valence-corrected chi connectivity index (χ3v) is 2.89. The zero-order valence-corrected chi connectivity index (χ0v) is 11.7. The van der Waals surface area contributed by atoms with Crippen molar-refractivity contribution in [3.05, 3.63) is 18.0 Å². The fourth-order valence-electron chi connectivity index (χ4n) is 2.07. The van der Waals surface area contributed by atoms with Gasteiger partial charge in [-0.2, -0.15) is 5.10 Å². The van der Waals surface area contributed by atoms with Crippen LogP contribution in [0.15, 0.2) is 12.4 Å². The lowest BCUT2D eigenvalue weighted by atomic mass is 10.0. The maximum atomic E-state index is 4.42. The first kappa shape index (κ1) is 14.2. The summed E-state index contributed by atoms with van der Waals surface area (Å²) in [4.78, 5) is 0. The van der Waals surface area contributed by atoms with E-state index in [4.69, 9.17) is 0 Å². The normalized spacial score (nSPS) is 13.2. The van der Waals surface area contributed by atoms with E-state index in [2.05, 4.69) is 49.0 Å². The average molecular weight is 237 g/mol. The van der Waals surface area contributed by atoms with Crippen molar-refractivity contribution in [2.45, 2.75) is 72.0 Å². The van der Waals surface area contributed by atoms with Crippen molar-refractivity contribution >= 4 is 0 Å². The average Bonchev–Trinajstić information content (AvgIpc) is 2.73. The van der Waals surface area contributed by atoms with Gasteiger partial charge in [0.15, 0.2) is 0 Å². The highest BCUT2D eigenvalue weighted by Gasteiger charge is 2.13. The summed E-state index contributed by atoms with van der Waals surface area (Å²) in [7, 11) is 0. The summed E-state index contributed by atoms with van der Waals surface area (Å²) in [6, 6.07) is 0.979. The molecule has 0 saturated heterocycles. The van der Waals surface area contributed by atoms with Crippen LogP contribution < -0.4 is 5.32 Å². The molecule has 0 aliphatic rings. The van der Waals surface area contributed by atoms with Gasteiger partial charge in [-0.3, -0.25) is 4.68 Å². The quantitative estimate of drug-likeness (QED) is 0.749. The van der Waals surface area contributed by atoms with Gasteiger partial charge in [0.1, 0.15) is 0 Å². The van der Waals surface area contributed by atoms with Gasteiger partial charge in [-0.1, -0.05) is 40.5 Å². The number of aryl methyl sites for hydroxylation is 1. The molecule has 0 saturated carbocycles. The Morgan fingerprint density at radius 1 is 1.29 bits per heavy atom. The first-order valence-corrected chi connectivity index (χ1v) is 6.95. The van der Waals surface area contributed by atoms with Crippen molar-refractivity contribution in [3.8, 4) is 0 Å². The van der Waals surface area contributed by atoms with Crippen molar-refractivity contribution in [2.24, 2.45) is 0 Å². The molecule has 1 N–H and O–H groups in total. The second-order valence-corrected chi connectivity index (χ2v) is 5.05. The molecule has 0 amide bonds. The minimum Gasteiger partial charge on any atom is -0.308 e. The summed E-state index contributed by atoms with van der Waals surface area (Å²) < 4.78 is 2.05. The van der Waals surface area contributed by atoms with Crippen LogP contribution in [0.2, 0.25) is 0 Å². The summed E-state index contributed by atoms with van der Waals surface area (Å²) in [5.41, 5.74) is 1.33. The van der Waals surface area contributed by atoms with Gasteiger partial charge in [0.25, 0.3) is 0 Å². The Morgan fingerprint density at radius 3 is 2.65 bits per heavy atom. The number of nitrogens with one attached hydrogen (secondary N) is 1. The Labute approximate surface area is 106 Å². The Bertz CT molecular complexity index is 304. The van der Waals surface area contributed by atoms with Gasteiger partial charge in [-0.15, -0.1) is 0 Å². The number of nitrogens with zero attached hydrogens (tertiary/aromatic N) is 2. The molecular weight excluding hydrogens is 210 g/mol. The molecule has 1 aromatic rings. The molecule has 3 heteroatoms. The van der Waals surface area contributed by atoms with Crippen LogP contribution >= 0.6 is 0 Å². The highest BCUT2D eigenvalue weighted by Crippen LogP contribution is 2.19. The summed E-state index contributed by atoms with van der Waals surface area (Å²) in [5.74, 6) is 0. The summed E-state index contributed by atoms with van der Waals surface area (Å²) in [6.45, 7) is 9.85. The van der Waals surface area contributed by atoms with Crippen LogP contribution in [0, 0.1) is 0 Å². The zero-order chi connectivity index (χ0) is 12.7. The molecule has 17 heavy (non-hydrogen) atoms. The Kier molecular flexibility index (Phi) is 6.27. The van der Waals surface area contributed by atoms with Gasteiger partial charge < -0.3 is 5.32 Å². The molecule has 3 nitrogen and oxygen atoms in total. The van der Waals surface area contributed by atoms with Crippen LogP contribution in [0.4, 0.5) is 0 Å². The van der Waals surface area contributed by atoms with Crippen LogP contribution in [0.3, 0.4) is 0 Å². The molecule has 0 aliphatic heterocycles. The Morgan fingerprint density at radius 2 is 2.06 bits per heavy atom. The van der Waals surface area contributed by atoms with Gasteiger partial charge >= 0.3 is 0 Å². The van der Waals surface area contributed by atoms with E-state index in [9.17, 15) is 0 Å². The fraction of sp³-hybridized carbons (Fsp3) is 0.786. The van der Waals surface area contributed by atoms with Crippen LogP contribution in [-0.2, 0) is 6.54 Å². The second kappa shape index (κ2) is 7.49. The topological polar surface area (TPSA) is 29.9 Å². The smallest absolute Gasteiger partial charge is 0.0537 e. The number of rotatable bonds is 8. The molecule has 1 rings (SSSR count). The molecule has 1 unspecified atom stereocenters. The van der Waals surface area contributed by atoms with E-state index in [0.29, 0.717) is 12.1 Å². The Balaban J connectivity index is 2.65. The third kappa shape index (κ3) is 4.90. The third-order valence-electron chi connectivity index (χ3n) is 2.89. The lowest BCUT2D eigenvalue weighted by Gasteiger charge is -2.19.